The summed E-state index contributed by atoms with van der Waals surface area (Å²) < 4.78 is 32.1. The lowest BCUT2D eigenvalue weighted by Crippen LogP contribution is -1.95. The van der Waals surface area contributed by atoms with Gasteiger partial charge >= 0.3 is 5.69 Å². The van der Waals surface area contributed by atoms with Crippen LogP contribution < -0.4 is 4.74 Å². The first-order valence-corrected chi connectivity index (χ1v) is 6.73. The van der Waals surface area contributed by atoms with Crippen LogP contribution >= 0.6 is 31.9 Å². The Balaban J connectivity index is 2.44. The first-order valence-electron chi connectivity index (χ1n) is 5.15. The Labute approximate surface area is 128 Å². The molecule has 8 heteroatoms. The Morgan fingerprint density at radius 3 is 2.30 bits per heavy atom. The Kier molecular flexibility index (Phi) is 4.34. The van der Waals surface area contributed by atoms with E-state index in [1.165, 1.54) is 12.1 Å². The third kappa shape index (κ3) is 3.13. The number of nitro benzene ring substituents is 1. The van der Waals surface area contributed by atoms with E-state index in [9.17, 15) is 18.9 Å². The van der Waals surface area contributed by atoms with Gasteiger partial charge in [-0.15, -0.1) is 0 Å². The van der Waals surface area contributed by atoms with Crippen molar-refractivity contribution in [2.24, 2.45) is 0 Å². The summed E-state index contributed by atoms with van der Waals surface area (Å²) in [6.07, 6.45) is 0. The van der Waals surface area contributed by atoms with Gasteiger partial charge < -0.3 is 4.74 Å². The molecular formula is C12H5Br2F2NO3. The molecule has 0 saturated heterocycles. The highest BCUT2D eigenvalue weighted by Crippen LogP contribution is 2.36. The van der Waals surface area contributed by atoms with Crippen molar-refractivity contribution in [1.82, 2.24) is 0 Å². The van der Waals surface area contributed by atoms with Crippen molar-refractivity contribution in [3.8, 4) is 11.5 Å². The Morgan fingerprint density at radius 2 is 1.70 bits per heavy atom. The van der Waals surface area contributed by atoms with Gasteiger partial charge in [0.1, 0.15) is 17.4 Å². The fraction of sp³-hybridized carbons (Fsp3) is 0. The molecule has 0 aliphatic heterocycles. The van der Waals surface area contributed by atoms with Gasteiger partial charge in [0.05, 0.1) is 19.9 Å². The van der Waals surface area contributed by atoms with Gasteiger partial charge in [-0.05, 0) is 44.0 Å². The molecule has 0 N–H and O–H groups in total. The summed E-state index contributed by atoms with van der Waals surface area (Å²) in [6.45, 7) is 0. The molecule has 0 atom stereocenters. The van der Waals surface area contributed by atoms with E-state index in [4.69, 9.17) is 4.74 Å². The minimum absolute atomic E-state index is 0.00989. The van der Waals surface area contributed by atoms with Gasteiger partial charge in [0.15, 0.2) is 0 Å². The van der Waals surface area contributed by atoms with E-state index in [-0.39, 0.29) is 20.4 Å². The summed E-state index contributed by atoms with van der Waals surface area (Å²) in [4.78, 5) is 10.1. The van der Waals surface area contributed by atoms with Crippen LogP contribution in [-0.2, 0) is 0 Å². The number of hydrogen-bond donors (Lipinski definition) is 0. The molecule has 0 spiro atoms. The van der Waals surface area contributed by atoms with Gasteiger partial charge in [-0.25, -0.2) is 8.78 Å². The van der Waals surface area contributed by atoms with E-state index in [1.807, 2.05) is 0 Å². The zero-order chi connectivity index (χ0) is 14.9. The van der Waals surface area contributed by atoms with Gasteiger partial charge in [-0.1, -0.05) is 0 Å². The quantitative estimate of drug-likeness (QED) is 0.518. The third-order valence-electron chi connectivity index (χ3n) is 2.32. The van der Waals surface area contributed by atoms with Crippen molar-refractivity contribution in [3.63, 3.8) is 0 Å². The van der Waals surface area contributed by atoms with Crippen molar-refractivity contribution >= 4 is 37.5 Å². The minimum Gasteiger partial charge on any atom is -0.450 e. The van der Waals surface area contributed by atoms with Gasteiger partial charge in [0.25, 0.3) is 0 Å². The monoisotopic (exact) mass is 407 g/mol. The van der Waals surface area contributed by atoms with E-state index < -0.39 is 22.2 Å². The topological polar surface area (TPSA) is 52.4 Å². The van der Waals surface area contributed by atoms with Gasteiger partial charge in [-0.2, -0.15) is 0 Å². The molecule has 0 unspecified atom stereocenters. The molecule has 0 fully saturated rings. The van der Waals surface area contributed by atoms with Crippen LogP contribution in [0, 0.1) is 21.7 Å². The number of nitrogens with zero attached hydrogens (tertiary/aromatic N) is 1. The smallest absolute Gasteiger partial charge is 0.314 e. The van der Waals surface area contributed by atoms with Crippen molar-refractivity contribution in [2.75, 3.05) is 0 Å². The fourth-order valence-corrected chi connectivity index (χ4v) is 1.98. The average Bonchev–Trinajstić information content (AvgIpc) is 2.37. The highest BCUT2D eigenvalue weighted by Gasteiger charge is 2.20. The SMILES string of the molecule is O=[N+]([O-])c1cc(F)c(Br)cc1Oc1ccc(Br)c(F)c1. The van der Waals surface area contributed by atoms with Crippen LogP contribution in [0.5, 0.6) is 11.5 Å². The number of ether oxygens (including phenoxy) is 1. The Morgan fingerprint density at radius 1 is 1.05 bits per heavy atom. The van der Waals surface area contributed by atoms with E-state index in [0.29, 0.717) is 0 Å². The molecule has 2 rings (SSSR count). The molecule has 20 heavy (non-hydrogen) atoms. The van der Waals surface area contributed by atoms with Crippen LogP contribution in [0.1, 0.15) is 0 Å². The molecule has 2 aromatic rings. The lowest BCUT2D eigenvalue weighted by Gasteiger charge is -2.08. The first kappa shape index (κ1) is 14.9. The second kappa shape index (κ2) is 5.84. The molecule has 0 saturated carbocycles. The van der Waals surface area contributed by atoms with Crippen LogP contribution in [0.4, 0.5) is 14.5 Å². The average molecular weight is 409 g/mol. The second-order valence-corrected chi connectivity index (χ2v) is 5.38. The summed E-state index contributed by atoms with van der Waals surface area (Å²) in [5.74, 6) is -1.49. The van der Waals surface area contributed by atoms with Gasteiger partial charge in [0.2, 0.25) is 5.75 Å². The Hall–Kier alpha value is -1.54. The van der Waals surface area contributed by atoms with Crippen LogP contribution in [-0.4, -0.2) is 4.92 Å². The summed E-state index contributed by atoms with van der Waals surface area (Å²) in [7, 11) is 0. The number of rotatable bonds is 3. The van der Waals surface area contributed by atoms with Crippen molar-refractivity contribution in [3.05, 3.63) is 61.0 Å². The van der Waals surface area contributed by atoms with Crippen LogP contribution in [0.3, 0.4) is 0 Å². The molecular weight excluding hydrogens is 404 g/mol. The molecule has 0 amide bonds. The summed E-state index contributed by atoms with van der Waals surface area (Å²) in [6, 6.07) is 5.73. The number of halogens is 4. The number of benzene rings is 2. The molecule has 4 nitrogen and oxygen atoms in total. The molecule has 2 aromatic carbocycles. The Bertz CT molecular complexity index is 695. The molecule has 0 aromatic heterocycles. The summed E-state index contributed by atoms with van der Waals surface area (Å²) in [5, 5.41) is 10.9. The van der Waals surface area contributed by atoms with E-state index >= 15 is 0 Å². The zero-order valence-electron chi connectivity index (χ0n) is 9.57. The molecule has 0 bridgehead atoms. The number of hydrogen-bond acceptors (Lipinski definition) is 3. The largest absolute Gasteiger partial charge is 0.450 e. The summed E-state index contributed by atoms with van der Waals surface area (Å²) in [5.41, 5.74) is -0.547. The molecule has 0 aliphatic carbocycles. The lowest BCUT2D eigenvalue weighted by molar-refractivity contribution is -0.385. The van der Waals surface area contributed by atoms with E-state index in [0.717, 1.165) is 18.2 Å². The fourth-order valence-electron chi connectivity index (χ4n) is 1.41. The standard InChI is InChI=1S/C12H5Br2F2NO3/c13-7-2-1-6(3-9(7)15)20-12-4-8(14)10(16)5-11(12)17(18)19/h1-5H. The first-order chi connectivity index (χ1) is 9.38. The molecule has 0 radical (unpaired) electrons. The highest BCUT2D eigenvalue weighted by molar-refractivity contribution is 9.10. The van der Waals surface area contributed by atoms with Gasteiger partial charge in [-0.3, -0.25) is 10.1 Å². The normalized spacial score (nSPS) is 10.4. The maximum absolute atomic E-state index is 13.4. The predicted octanol–water partition coefficient (Wildman–Crippen LogP) is 5.19. The lowest BCUT2D eigenvalue weighted by atomic mass is 10.3. The summed E-state index contributed by atoms with van der Waals surface area (Å²) >= 11 is 5.89. The van der Waals surface area contributed by atoms with Crippen molar-refractivity contribution < 1.29 is 18.4 Å². The molecule has 0 heterocycles. The molecule has 0 aliphatic rings. The van der Waals surface area contributed by atoms with Gasteiger partial charge in [0, 0.05) is 12.1 Å². The van der Waals surface area contributed by atoms with Crippen LogP contribution in [0.15, 0.2) is 39.3 Å². The number of nitro groups is 1. The maximum atomic E-state index is 13.4. The van der Waals surface area contributed by atoms with Crippen LogP contribution in [0.2, 0.25) is 0 Å². The van der Waals surface area contributed by atoms with Crippen molar-refractivity contribution in [2.45, 2.75) is 0 Å². The predicted molar refractivity (Wildman–Crippen MR) is 74.9 cm³/mol. The zero-order valence-corrected chi connectivity index (χ0v) is 12.7. The van der Waals surface area contributed by atoms with Crippen LogP contribution in [0.25, 0.3) is 0 Å². The maximum Gasteiger partial charge on any atom is 0.314 e. The van der Waals surface area contributed by atoms with Crippen molar-refractivity contribution in [1.29, 1.82) is 0 Å². The second-order valence-electron chi connectivity index (χ2n) is 3.67. The highest BCUT2D eigenvalue weighted by atomic mass is 79.9. The van der Waals surface area contributed by atoms with E-state index in [1.54, 1.807) is 0 Å². The molecule has 104 valence electrons. The minimum atomic E-state index is -0.786. The third-order valence-corrected chi connectivity index (χ3v) is 3.57. The van der Waals surface area contributed by atoms with E-state index in [2.05, 4.69) is 31.9 Å².